The van der Waals surface area contributed by atoms with Crippen molar-refractivity contribution in [3.05, 3.63) is 0 Å². The highest BCUT2D eigenvalue weighted by Crippen LogP contribution is 2.37. The van der Waals surface area contributed by atoms with Gasteiger partial charge in [0.05, 0.1) is 5.60 Å². The largest absolute Gasteiger partial charge is 0.388 e. The molecule has 0 aliphatic heterocycles. The van der Waals surface area contributed by atoms with E-state index in [1.807, 2.05) is 0 Å². The standard InChI is InChI=1S/C12H23NO/c1-9-4-3-7-12(14,10(9)2)8-13-11-5-6-11/h9-11,13-14H,3-8H2,1-2H3. The molecule has 2 nitrogen and oxygen atoms in total. The highest BCUT2D eigenvalue weighted by atomic mass is 16.3. The van der Waals surface area contributed by atoms with Crippen molar-refractivity contribution in [1.82, 2.24) is 5.32 Å². The Kier molecular flexibility index (Phi) is 2.85. The minimum atomic E-state index is -0.430. The van der Waals surface area contributed by atoms with Crippen molar-refractivity contribution < 1.29 is 5.11 Å². The van der Waals surface area contributed by atoms with E-state index in [2.05, 4.69) is 19.2 Å². The van der Waals surface area contributed by atoms with Crippen LogP contribution >= 0.6 is 0 Å². The van der Waals surface area contributed by atoms with Gasteiger partial charge in [0, 0.05) is 12.6 Å². The van der Waals surface area contributed by atoms with E-state index in [-0.39, 0.29) is 0 Å². The fourth-order valence-electron chi connectivity index (χ4n) is 2.60. The third kappa shape index (κ3) is 2.12. The van der Waals surface area contributed by atoms with Crippen LogP contribution in [0.5, 0.6) is 0 Å². The summed E-state index contributed by atoms with van der Waals surface area (Å²) in [4.78, 5) is 0. The Bertz CT molecular complexity index is 202. The van der Waals surface area contributed by atoms with Gasteiger partial charge in [-0.3, -0.25) is 0 Å². The van der Waals surface area contributed by atoms with E-state index in [1.54, 1.807) is 0 Å². The van der Waals surface area contributed by atoms with Crippen LogP contribution in [0.3, 0.4) is 0 Å². The van der Waals surface area contributed by atoms with Crippen LogP contribution < -0.4 is 5.32 Å². The molecule has 0 aromatic rings. The smallest absolute Gasteiger partial charge is 0.0799 e. The molecule has 3 unspecified atom stereocenters. The summed E-state index contributed by atoms with van der Waals surface area (Å²) in [5, 5.41) is 14.0. The van der Waals surface area contributed by atoms with Gasteiger partial charge in [-0.2, -0.15) is 0 Å². The maximum atomic E-state index is 10.5. The van der Waals surface area contributed by atoms with Crippen molar-refractivity contribution in [2.45, 2.75) is 57.6 Å². The summed E-state index contributed by atoms with van der Waals surface area (Å²) in [5.74, 6) is 1.12. The van der Waals surface area contributed by atoms with Gasteiger partial charge in [-0.15, -0.1) is 0 Å². The lowest BCUT2D eigenvalue weighted by molar-refractivity contribution is -0.0609. The summed E-state index contributed by atoms with van der Waals surface area (Å²) in [6.07, 6.45) is 6.07. The fourth-order valence-corrected chi connectivity index (χ4v) is 2.60. The third-order valence-corrected chi connectivity index (χ3v) is 4.24. The molecule has 2 N–H and O–H groups in total. The summed E-state index contributed by atoms with van der Waals surface area (Å²) < 4.78 is 0. The topological polar surface area (TPSA) is 32.3 Å². The van der Waals surface area contributed by atoms with Crippen LogP contribution in [0.2, 0.25) is 0 Å². The first kappa shape index (κ1) is 10.4. The second kappa shape index (κ2) is 3.82. The van der Waals surface area contributed by atoms with Gasteiger partial charge in [-0.25, -0.2) is 0 Å². The highest BCUT2D eigenvalue weighted by Gasteiger charge is 2.40. The van der Waals surface area contributed by atoms with E-state index >= 15 is 0 Å². The fraction of sp³-hybridized carbons (Fsp3) is 1.00. The summed E-state index contributed by atoms with van der Waals surface area (Å²) in [6.45, 7) is 5.29. The molecule has 0 bridgehead atoms. The molecule has 3 atom stereocenters. The molecule has 2 fully saturated rings. The van der Waals surface area contributed by atoms with E-state index < -0.39 is 5.60 Å². The van der Waals surface area contributed by atoms with Gasteiger partial charge >= 0.3 is 0 Å². The second-order valence-electron chi connectivity index (χ2n) is 5.42. The quantitative estimate of drug-likeness (QED) is 0.724. The third-order valence-electron chi connectivity index (χ3n) is 4.24. The molecule has 82 valence electrons. The Hall–Kier alpha value is -0.0800. The Morgan fingerprint density at radius 3 is 2.64 bits per heavy atom. The maximum Gasteiger partial charge on any atom is 0.0799 e. The summed E-state index contributed by atoms with van der Waals surface area (Å²) >= 11 is 0. The molecular formula is C12H23NO. The van der Waals surface area contributed by atoms with Crippen molar-refractivity contribution in [3.63, 3.8) is 0 Å². The van der Waals surface area contributed by atoms with Gasteiger partial charge in [0.2, 0.25) is 0 Å². The molecule has 0 amide bonds. The zero-order valence-electron chi connectivity index (χ0n) is 9.42. The van der Waals surface area contributed by atoms with E-state index in [4.69, 9.17) is 0 Å². The second-order valence-corrected chi connectivity index (χ2v) is 5.42. The van der Waals surface area contributed by atoms with E-state index in [0.717, 1.165) is 13.0 Å². The van der Waals surface area contributed by atoms with Crippen LogP contribution in [0.1, 0.15) is 46.0 Å². The van der Waals surface area contributed by atoms with Gasteiger partial charge in [-0.05, 0) is 31.1 Å². The average Bonchev–Trinajstić information content (AvgIpc) is 2.95. The zero-order valence-corrected chi connectivity index (χ0v) is 9.42. The van der Waals surface area contributed by atoms with Gasteiger partial charge < -0.3 is 10.4 Å². The number of hydrogen-bond acceptors (Lipinski definition) is 2. The predicted octanol–water partition coefficient (Wildman–Crippen LogP) is 1.93. The molecule has 2 heteroatoms. The monoisotopic (exact) mass is 197 g/mol. The SMILES string of the molecule is CC1CCCC(O)(CNC2CC2)C1C. The van der Waals surface area contributed by atoms with Crippen LogP contribution in [0.25, 0.3) is 0 Å². The molecule has 2 rings (SSSR count). The number of nitrogens with one attached hydrogen (secondary N) is 1. The Morgan fingerprint density at radius 1 is 1.29 bits per heavy atom. The van der Waals surface area contributed by atoms with Gasteiger partial charge in [0.1, 0.15) is 0 Å². The van der Waals surface area contributed by atoms with E-state index in [1.165, 1.54) is 25.7 Å². The Morgan fingerprint density at radius 2 is 2.00 bits per heavy atom. The lowest BCUT2D eigenvalue weighted by atomic mass is 9.70. The lowest BCUT2D eigenvalue weighted by Crippen LogP contribution is -2.50. The molecule has 14 heavy (non-hydrogen) atoms. The molecule has 0 aromatic heterocycles. The Balaban J connectivity index is 1.89. The summed E-state index contributed by atoms with van der Waals surface area (Å²) in [6, 6.07) is 0.712. The van der Waals surface area contributed by atoms with Crippen LogP contribution in [-0.4, -0.2) is 23.3 Å². The molecule has 0 spiro atoms. The molecule has 0 radical (unpaired) electrons. The minimum Gasteiger partial charge on any atom is -0.388 e. The number of hydrogen-bond donors (Lipinski definition) is 2. The lowest BCUT2D eigenvalue weighted by Gasteiger charge is -2.42. The molecule has 2 saturated carbocycles. The first-order chi connectivity index (χ1) is 6.62. The first-order valence-corrected chi connectivity index (χ1v) is 6.07. The van der Waals surface area contributed by atoms with Crippen molar-refractivity contribution in [2.24, 2.45) is 11.8 Å². The van der Waals surface area contributed by atoms with Crippen molar-refractivity contribution in [2.75, 3.05) is 6.54 Å². The van der Waals surface area contributed by atoms with Gasteiger partial charge in [-0.1, -0.05) is 26.7 Å². The predicted molar refractivity (Wildman–Crippen MR) is 58.2 cm³/mol. The molecule has 0 saturated heterocycles. The van der Waals surface area contributed by atoms with E-state index in [9.17, 15) is 5.11 Å². The van der Waals surface area contributed by atoms with Gasteiger partial charge in [0.15, 0.2) is 0 Å². The maximum absolute atomic E-state index is 10.5. The normalized spacial score (nSPS) is 43.9. The van der Waals surface area contributed by atoms with Crippen LogP contribution in [-0.2, 0) is 0 Å². The van der Waals surface area contributed by atoms with Gasteiger partial charge in [0.25, 0.3) is 0 Å². The Labute approximate surface area is 87.1 Å². The van der Waals surface area contributed by atoms with Crippen molar-refractivity contribution in [1.29, 1.82) is 0 Å². The molecule has 2 aliphatic rings. The first-order valence-electron chi connectivity index (χ1n) is 6.07. The molecule has 0 heterocycles. The zero-order chi connectivity index (χ0) is 10.2. The van der Waals surface area contributed by atoms with Crippen molar-refractivity contribution in [3.8, 4) is 0 Å². The number of rotatable bonds is 3. The molecule has 2 aliphatic carbocycles. The highest BCUT2D eigenvalue weighted by molar-refractivity contribution is 4.94. The van der Waals surface area contributed by atoms with Crippen LogP contribution in [0.4, 0.5) is 0 Å². The minimum absolute atomic E-state index is 0.430. The van der Waals surface area contributed by atoms with Crippen LogP contribution in [0, 0.1) is 11.8 Å². The number of aliphatic hydroxyl groups is 1. The molecule has 0 aromatic carbocycles. The van der Waals surface area contributed by atoms with Crippen molar-refractivity contribution >= 4 is 0 Å². The molecular weight excluding hydrogens is 174 g/mol. The van der Waals surface area contributed by atoms with E-state index in [0.29, 0.717) is 17.9 Å². The summed E-state index contributed by atoms with van der Waals surface area (Å²) in [5.41, 5.74) is -0.430. The van der Waals surface area contributed by atoms with Crippen LogP contribution in [0.15, 0.2) is 0 Å². The average molecular weight is 197 g/mol. The summed E-state index contributed by atoms with van der Waals surface area (Å²) in [7, 11) is 0.